The van der Waals surface area contributed by atoms with Gasteiger partial charge in [-0.25, -0.2) is 13.2 Å². The summed E-state index contributed by atoms with van der Waals surface area (Å²) in [6.07, 6.45) is 0. The van der Waals surface area contributed by atoms with E-state index >= 15 is 0 Å². The second kappa shape index (κ2) is 5.20. The Labute approximate surface area is 130 Å². The molecule has 1 aromatic heterocycles. The first kappa shape index (κ1) is 15.2. The third-order valence-corrected chi connectivity index (χ3v) is 5.36. The summed E-state index contributed by atoms with van der Waals surface area (Å²) < 4.78 is 29.4. The predicted molar refractivity (Wildman–Crippen MR) is 84.7 cm³/mol. The van der Waals surface area contributed by atoms with Crippen LogP contribution in [0.15, 0.2) is 50.5 Å². The minimum absolute atomic E-state index is 0.0191. The highest BCUT2D eigenvalue weighted by molar-refractivity contribution is 7.91. The monoisotopic (exact) mass is 332 g/mol. The summed E-state index contributed by atoms with van der Waals surface area (Å²) >= 11 is 0. The molecule has 2 aromatic carbocycles. The molecule has 0 fully saturated rings. The molecule has 6 nitrogen and oxygen atoms in total. The fourth-order valence-electron chi connectivity index (χ4n) is 2.33. The van der Waals surface area contributed by atoms with Crippen molar-refractivity contribution in [3.05, 3.63) is 52.2 Å². The van der Waals surface area contributed by atoms with Crippen molar-refractivity contribution in [3.8, 4) is 0 Å². The normalized spacial score (nSPS) is 11.9. The van der Waals surface area contributed by atoms with E-state index in [1.165, 1.54) is 43.3 Å². The van der Waals surface area contributed by atoms with Crippen LogP contribution in [0.25, 0.3) is 21.9 Å². The van der Waals surface area contributed by atoms with Crippen molar-refractivity contribution < 1.29 is 22.7 Å². The highest BCUT2D eigenvalue weighted by Crippen LogP contribution is 2.23. The van der Waals surface area contributed by atoms with Gasteiger partial charge in [-0.05, 0) is 30.3 Å². The fourth-order valence-corrected chi connectivity index (χ4v) is 3.22. The van der Waals surface area contributed by atoms with Gasteiger partial charge in [0.1, 0.15) is 11.2 Å². The smallest absolute Gasteiger partial charge is 0.335 e. The molecule has 0 radical (unpaired) electrons. The quantitative estimate of drug-likeness (QED) is 0.739. The minimum atomic E-state index is -3.41. The molecule has 118 valence electrons. The SMILES string of the molecule is CCS(=O)(=O)c1ccc2c(=O)c3cc(C(=O)O)ccc3oc2c1. The standard InChI is InChI=1S/C16H12O6S/c1-2-23(20,21)10-4-5-11-14(8-10)22-13-6-3-9(16(18)19)7-12(13)15(11)17/h3-8H,2H2,1H3,(H,18,19). The third-order valence-electron chi connectivity index (χ3n) is 3.63. The molecule has 0 aliphatic heterocycles. The van der Waals surface area contributed by atoms with Crippen LogP contribution in [-0.2, 0) is 9.84 Å². The minimum Gasteiger partial charge on any atom is -0.478 e. The van der Waals surface area contributed by atoms with Gasteiger partial charge in [0.05, 0.1) is 27.0 Å². The number of fused-ring (bicyclic) bond motifs is 2. The number of rotatable bonds is 3. The van der Waals surface area contributed by atoms with Gasteiger partial charge in [0.2, 0.25) is 5.43 Å². The summed E-state index contributed by atoms with van der Waals surface area (Å²) in [7, 11) is -3.41. The Morgan fingerprint density at radius 3 is 2.48 bits per heavy atom. The molecule has 0 bridgehead atoms. The van der Waals surface area contributed by atoms with Crippen molar-refractivity contribution in [1.82, 2.24) is 0 Å². The van der Waals surface area contributed by atoms with Gasteiger partial charge in [0.25, 0.3) is 0 Å². The molecule has 7 heteroatoms. The van der Waals surface area contributed by atoms with Crippen LogP contribution in [0.5, 0.6) is 0 Å². The maximum Gasteiger partial charge on any atom is 0.335 e. The topological polar surface area (TPSA) is 102 Å². The first-order valence-corrected chi connectivity index (χ1v) is 8.45. The maximum atomic E-state index is 12.5. The highest BCUT2D eigenvalue weighted by atomic mass is 32.2. The van der Waals surface area contributed by atoms with Gasteiger partial charge < -0.3 is 9.52 Å². The lowest BCUT2D eigenvalue weighted by Crippen LogP contribution is -2.07. The average Bonchev–Trinajstić information content (AvgIpc) is 2.54. The van der Waals surface area contributed by atoms with E-state index in [4.69, 9.17) is 9.52 Å². The third kappa shape index (κ3) is 2.49. The van der Waals surface area contributed by atoms with E-state index in [2.05, 4.69) is 0 Å². The van der Waals surface area contributed by atoms with Crippen LogP contribution in [-0.4, -0.2) is 25.2 Å². The Morgan fingerprint density at radius 2 is 1.83 bits per heavy atom. The first-order valence-electron chi connectivity index (χ1n) is 6.80. The van der Waals surface area contributed by atoms with E-state index in [0.717, 1.165) is 0 Å². The number of sulfone groups is 1. The lowest BCUT2D eigenvalue weighted by atomic mass is 10.1. The van der Waals surface area contributed by atoms with Crippen LogP contribution >= 0.6 is 0 Å². The fraction of sp³-hybridized carbons (Fsp3) is 0.125. The highest BCUT2D eigenvalue weighted by Gasteiger charge is 2.16. The second-order valence-corrected chi connectivity index (χ2v) is 7.29. The van der Waals surface area contributed by atoms with Gasteiger partial charge in [-0.3, -0.25) is 4.79 Å². The van der Waals surface area contributed by atoms with Gasteiger partial charge in [-0.15, -0.1) is 0 Å². The molecule has 0 aliphatic rings. The molecule has 0 aliphatic carbocycles. The molecule has 0 unspecified atom stereocenters. The number of aromatic carboxylic acids is 1. The lowest BCUT2D eigenvalue weighted by Gasteiger charge is -2.05. The van der Waals surface area contributed by atoms with Crippen LogP contribution < -0.4 is 5.43 Å². The first-order chi connectivity index (χ1) is 10.8. The molecule has 0 saturated heterocycles. The van der Waals surface area contributed by atoms with Crippen LogP contribution in [0, 0.1) is 0 Å². The molecule has 1 N–H and O–H groups in total. The summed E-state index contributed by atoms with van der Waals surface area (Å²) in [5.41, 5.74) is -0.0576. The molecule has 23 heavy (non-hydrogen) atoms. The summed E-state index contributed by atoms with van der Waals surface area (Å²) in [4.78, 5) is 23.6. The van der Waals surface area contributed by atoms with Crippen LogP contribution in [0.2, 0.25) is 0 Å². The Kier molecular flexibility index (Phi) is 3.45. The second-order valence-electron chi connectivity index (χ2n) is 5.01. The summed E-state index contributed by atoms with van der Waals surface area (Å²) in [5, 5.41) is 9.35. The zero-order valence-corrected chi connectivity index (χ0v) is 12.9. The van der Waals surface area contributed by atoms with Crippen LogP contribution in [0.3, 0.4) is 0 Å². The van der Waals surface area contributed by atoms with Crippen molar-refractivity contribution >= 4 is 37.7 Å². The summed E-state index contributed by atoms with van der Waals surface area (Å²) in [5.74, 6) is -1.20. The molecule has 0 atom stereocenters. The van der Waals surface area contributed by atoms with Crippen molar-refractivity contribution in [2.45, 2.75) is 11.8 Å². The van der Waals surface area contributed by atoms with E-state index in [9.17, 15) is 18.0 Å². The van der Waals surface area contributed by atoms with Gasteiger partial charge >= 0.3 is 5.97 Å². The number of hydrogen-bond acceptors (Lipinski definition) is 5. The average molecular weight is 332 g/mol. The van der Waals surface area contributed by atoms with E-state index in [1.54, 1.807) is 0 Å². The van der Waals surface area contributed by atoms with Crippen molar-refractivity contribution in [2.75, 3.05) is 5.75 Å². The van der Waals surface area contributed by atoms with Gasteiger partial charge in [0.15, 0.2) is 9.84 Å². The Morgan fingerprint density at radius 1 is 1.09 bits per heavy atom. The van der Waals surface area contributed by atoms with E-state index in [0.29, 0.717) is 0 Å². The lowest BCUT2D eigenvalue weighted by molar-refractivity contribution is 0.0697. The largest absolute Gasteiger partial charge is 0.478 e. The van der Waals surface area contributed by atoms with Gasteiger partial charge in [0, 0.05) is 6.07 Å². The Balaban J connectivity index is 2.36. The van der Waals surface area contributed by atoms with Crippen molar-refractivity contribution in [1.29, 1.82) is 0 Å². The van der Waals surface area contributed by atoms with E-state index < -0.39 is 21.2 Å². The Bertz CT molecular complexity index is 1110. The number of hydrogen-bond donors (Lipinski definition) is 1. The molecule has 0 spiro atoms. The maximum absolute atomic E-state index is 12.5. The van der Waals surface area contributed by atoms with Gasteiger partial charge in [-0.1, -0.05) is 6.92 Å². The summed E-state index contributed by atoms with van der Waals surface area (Å²) in [6.45, 7) is 1.53. The summed E-state index contributed by atoms with van der Waals surface area (Å²) in [6, 6.07) is 8.02. The van der Waals surface area contributed by atoms with Crippen molar-refractivity contribution in [2.24, 2.45) is 0 Å². The van der Waals surface area contributed by atoms with Crippen molar-refractivity contribution in [3.63, 3.8) is 0 Å². The molecule has 3 aromatic rings. The number of carboxylic acid groups (broad SMARTS) is 1. The molecular weight excluding hydrogens is 320 g/mol. The molecule has 3 rings (SSSR count). The van der Waals surface area contributed by atoms with Gasteiger partial charge in [-0.2, -0.15) is 0 Å². The zero-order valence-electron chi connectivity index (χ0n) is 12.1. The number of carbonyl (C=O) groups is 1. The van der Waals surface area contributed by atoms with Crippen LogP contribution in [0.4, 0.5) is 0 Å². The molecule has 0 amide bonds. The Hall–Kier alpha value is -2.67. The molecular formula is C16H12O6S. The van der Waals surface area contributed by atoms with E-state index in [-0.39, 0.29) is 38.2 Å². The number of benzene rings is 2. The predicted octanol–water partition coefficient (Wildman–Crippen LogP) is 2.44. The number of carboxylic acids is 1. The zero-order chi connectivity index (χ0) is 16.8. The van der Waals surface area contributed by atoms with E-state index in [1.807, 2.05) is 0 Å². The molecule has 1 heterocycles. The van der Waals surface area contributed by atoms with Crippen LogP contribution in [0.1, 0.15) is 17.3 Å². The molecule has 0 saturated carbocycles.